The average molecular weight is 260 g/mol. The second-order valence-corrected chi connectivity index (χ2v) is 7.77. The van der Waals surface area contributed by atoms with Crippen LogP contribution < -0.4 is 5.32 Å². The molecule has 1 N–H and O–H groups in total. The molecule has 2 fully saturated rings. The van der Waals surface area contributed by atoms with E-state index in [9.17, 15) is 8.42 Å². The quantitative estimate of drug-likeness (QED) is 0.802. The summed E-state index contributed by atoms with van der Waals surface area (Å²) in [7, 11) is -0.681. The Hall–Kier alpha value is -0.130. The average Bonchev–Trinajstić information content (AvgIpc) is 2.29. The lowest BCUT2D eigenvalue weighted by molar-refractivity contribution is 0.187. The summed E-state index contributed by atoms with van der Waals surface area (Å²) in [5, 5.41) is 3.37. The van der Waals surface area contributed by atoms with E-state index in [2.05, 4.69) is 17.3 Å². The zero-order chi connectivity index (χ0) is 12.3. The first-order valence-corrected chi connectivity index (χ1v) is 8.50. The Morgan fingerprint density at radius 3 is 2.59 bits per heavy atom. The van der Waals surface area contributed by atoms with Crippen molar-refractivity contribution in [3.63, 3.8) is 0 Å². The van der Waals surface area contributed by atoms with Crippen LogP contribution in [0.15, 0.2) is 0 Å². The molecule has 0 aromatic heterocycles. The van der Waals surface area contributed by atoms with Crippen molar-refractivity contribution in [2.75, 3.05) is 38.2 Å². The number of rotatable bonds is 3. The van der Waals surface area contributed by atoms with Crippen molar-refractivity contribution in [3.05, 3.63) is 0 Å². The SMILES string of the molecule is CN(CC1CCNCC1)C1CCCS(=O)(=O)C1. The lowest BCUT2D eigenvalue weighted by Crippen LogP contribution is -2.44. The molecule has 0 aromatic carbocycles. The largest absolute Gasteiger partial charge is 0.317 e. The van der Waals surface area contributed by atoms with Crippen LogP contribution in [-0.2, 0) is 9.84 Å². The van der Waals surface area contributed by atoms with Crippen LogP contribution >= 0.6 is 0 Å². The van der Waals surface area contributed by atoms with Crippen LogP contribution in [0.1, 0.15) is 25.7 Å². The number of hydrogen-bond acceptors (Lipinski definition) is 4. The molecule has 5 heteroatoms. The zero-order valence-corrected chi connectivity index (χ0v) is 11.5. The molecule has 0 bridgehead atoms. The summed E-state index contributed by atoms with van der Waals surface area (Å²) >= 11 is 0. The number of sulfone groups is 1. The van der Waals surface area contributed by atoms with E-state index in [1.807, 2.05) is 0 Å². The lowest BCUT2D eigenvalue weighted by atomic mass is 9.97. The van der Waals surface area contributed by atoms with E-state index in [0.717, 1.165) is 38.4 Å². The van der Waals surface area contributed by atoms with Gasteiger partial charge in [-0.2, -0.15) is 0 Å². The van der Waals surface area contributed by atoms with E-state index in [1.54, 1.807) is 0 Å². The standard InChI is InChI=1S/C12H24N2O2S/c1-14(9-11-4-6-13-7-5-11)12-3-2-8-17(15,16)10-12/h11-13H,2-10H2,1H3. The zero-order valence-electron chi connectivity index (χ0n) is 10.7. The number of nitrogens with zero attached hydrogens (tertiary/aromatic N) is 1. The molecule has 1 atom stereocenters. The monoisotopic (exact) mass is 260 g/mol. The first kappa shape index (κ1) is 13.3. The third kappa shape index (κ3) is 3.93. The van der Waals surface area contributed by atoms with Crippen LogP contribution in [0.2, 0.25) is 0 Å². The minimum Gasteiger partial charge on any atom is -0.317 e. The van der Waals surface area contributed by atoms with Crippen LogP contribution in [0.25, 0.3) is 0 Å². The molecule has 0 aliphatic carbocycles. The van der Waals surface area contributed by atoms with Gasteiger partial charge in [-0.3, -0.25) is 0 Å². The van der Waals surface area contributed by atoms with Crippen LogP contribution in [0.4, 0.5) is 0 Å². The third-order valence-corrected chi connectivity index (χ3v) is 5.87. The molecule has 1 unspecified atom stereocenters. The number of piperidine rings is 1. The van der Waals surface area contributed by atoms with Gasteiger partial charge in [0.1, 0.15) is 0 Å². The highest BCUT2D eigenvalue weighted by Crippen LogP contribution is 2.20. The van der Waals surface area contributed by atoms with Gasteiger partial charge in [0, 0.05) is 12.6 Å². The lowest BCUT2D eigenvalue weighted by Gasteiger charge is -2.34. The molecular weight excluding hydrogens is 236 g/mol. The van der Waals surface area contributed by atoms with E-state index in [4.69, 9.17) is 0 Å². The topological polar surface area (TPSA) is 49.4 Å². The summed E-state index contributed by atoms with van der Waals surface area (Å²) in [6.07, 6.45) is 4.33. The Balaban J connectivity index is 1.84. The highest BCUT2D eigenvalue weighted by atomic mass is 32.2. The summed E-state index contributed by atoms with van der Waals surface area (Å²) in [5.74, 6) is 1.50. The minimum absolute atomic E-state index is 0.253. The van der Waals surface area contributed by atoms with Gasteiger partial charge in [0.15, 0.2) is 9.84 Å². The molecule has 0 aromatic rings. The van der Waals surface area contributed by atoms with Gasteiger partial charge < -0.3 is 10.2 Å². The second-order valence-electron chi connectivity index (χ2n) is 5.54. The predicted octanol–water partition coefficient (Wildman–Crippen LogP) is 0.495. The molecule has 2 rings (SSSR count). The molecule has 0 saturated carbocycles. The number of nitrogens with one attached hydrogen (secondary N) is 1. The van der Waals surface area contributed by atoms with Crippen molar-refractivity contribution < 1.29 is 8.42 Å². The Morgan fingerprint density at radius 1 is 1.24 bits per heavy atom. The minimum atomic E-state index is -2.77. The van der Waals surface area contributed by atoms with Crippen LogP contribution in [0.3, 0.4) is 0 Å². The summed E-state index contributed by atoms with van der Waals surface area (Å²) in [4.78, 5) is 2.28. The summed E-state index contributed by atoms with van der Waals surface area (Å²) in [5.41, 5.74) is 0. The van der Waals surface area contributed by atoms with Gasteiger partial charge in [-0.1, -0.05) is 0 Å². The highest BCUT2D eigenvalue weighted by Gasteiger charge is 2.28. The van der Waals surface area contributed by atoms with Gasteiger partial charge in [0.05, 0.1) is 11.5 Å². The summed E-state index contributed by atoms with van der Waals surface area (Å²) < 4.78 is 23.2. The van der Waals surface area contributed by atoms with E-state index in [0.29, 0.717) is 11.5 Å². The molecule has 2 saturated heterocycles. The van der Waals surface area contributed by atoms with Gasteiger partial charge >= 0.3 is 0 Å². The molecule has 2 aliphatic heterocycles. The number of hydrogen-bond donors (Lipinski definition) is 1. The first-order valence-electron chi connectivity index (χ1n) is 6.68. The van der Waals surface area contributed by atoms with Crippen molar-refractivity contribution in [3.8, 4) is 0 Å². The van der Waals surface area contributed by atoms with E-state index in [1.165, 1.54) is 12.8 Å². The molecular formula is C12H24N2O2S. The molecule has 0 radical (unpaired) electrons. The van der Waals surface area contributed by atoms with Crippen molar-refractivity contribution in [2.45, 2.75) is 31.7 Å². The van der Waals surface area contributed by atoms with Crippen molar-refractivity contribution in [1.29, 1.82) is 0 Å². The van der Waals surface area contributed by atoms with Crippen molar-refractivity contribution in [2.24, 2.45) is 5.92 Å². The maximum Gasteiger partial charge on any atom is 0.151 e. The maximum absolute atomic E-state index is 11.6. The molecule has 0 spiro atoms. The Morgan fingerprint density at radius 2 is 1.94 bits per heavy atom. The van der Waals surface area contributed by atoms with Crippen LogP contribution in [0.5, 0.6) is 0 Å². The molecule has 0 amide bonds. The van der Waals surface area contributed by atoms with Gasteiger partial charge in [-0.05, 0) is 51.7 Å². The fourth-order valence-electron chi connectivity index (χ4n) is 2.97. The molecule has 100 valence electrons. The smallest absolute Gasteiger partial charge is 0.151 e. The van der Waals surface area contributed by atoms with E-state index < -0.39 is 9.84 Å². The second kappa shape index (κ2) is 5.67. The first-order chi connectivity index (χ1) is 8.07. The van der Waals surface area contributed by atoms with Gasteiger partial charge in [0.2, 0.25) is 0 Å². The predicted molar refractivity (Wildman–Crippen MR) is 69.9 cm³/mol. The Kier molecular flexibility index (Phi) is 4.44. The highest BCUT2D eigenvalue weighted by molar-refractivity contribution is 7.91. The maximum atomic E-state index is 11.6. The fourth-order valence-corrected chi connectivity index (χ4v) is 4.75. The fraction of sp³-hybridized carbons (Fsp3) is 1.00. The van der Waals surface area contributed by atoms with E-state index in [-0.39, 0.29) is 6.04 Å². The Bertz CT molecular complexity index is 336. The summed E-state index contributed by atoms with van der Waals surface area (Å²) in [6, 6.07) is 0.253. The Labute approximate surface area is 105 Å². The van der Waals surface area contributed by atoms with Gasteiger partial charge in [0.25, 0.3) is 0 Å². The van der Waals surface area contributed by atoms with Crippen molar-refractivity contribution >= 4 is 9.84 Å². The van der Waals surface area contributed by atoms with Gasteiger partial charge in [-0.25, -0.2) is 8.42 Å². The van der Waals surface area contributed by atoms with Crippen LogP contribution in [0, 0.1) is 5.92 Å². The molecule has 2 heterocycles. The molecule has 2 aliphatic rings. The van der Waals surface area contributed by atoms with Crippen molar-refractivity contribution in [1.82, 2.24) is 10.2 Å². The molecule has 17 heavy (non-hydrogen) atoms. The normalized spacial score (nSPS) is 30.6. The van der Waals surface area contributed by atoms with Gasteiger partial charge in [-0.15, -0.1) is 0 Å². The van der Waals surface area contributed by atoms with E-state index >= 15 is 0 Å². The summed E-state index contributed by atoms with van der Waals surface area (Å²) in [6.45, 7) is 3.28. The van der Waals surface area contributed by atoms with Crippen LogP contribution in [-0.4, -0.2) is 57.5 Å². The third-order valence-electron chi connectivity index (χ3n) is 4.07. The molecule has 4 nitrogen and oxygen atoms in total.